The highest BCUT2D eigenvalue weighted by molar-refractivity contribution is 5.91. The summed E-state index contributed by atoms with van der Waals surface area (Å²) in [5, 5.41) is 11.8. The highest BCUT2D eigenvalue weighted by atomic mass is 16.5. The lowest BCUT2D eigenvalue weighted by atomic mass is 9.35. The van der Waals surface area contributed by atoms with Gasteiger partial charge in [0.2, 0.25) is 0 Å². The van der Waals surface area contributed by atoms with E-state index in [0.29, 0.717) is 71.4 Å². The molecular weight excluding hydrogens is 757 g/mol. The number of hydrogen-bond acceptors (Lipinski definition) is 5. The third kappa shape index (κ3) is 6.46. The summed E-state index contributed by atoms with van der Waals surface area (Å²) in [6, 6.07) is 7.28. The average Bonchev–Trinajstić information content (AvgIpc) is 3.94. The average molecular weight is 839 g/mol. The van der Waals surface area contributed by atoms with Gasteiger partial charge in [-0.1, -0.05) is 134 Å². The largest absolute Gasteiger partial charge is 0.494 e. The number of ether oxygens (including phenoxy) is 3. The first-order valence-corrected chi connectivity index (χ1v) is 26.4. The molecule has 10 rings (SSSR count). The maximum Gasteiger partial charge on any atom is 0.412 e. The number of methoxy groups -OCH3 is 2. The number of carboxylic acid groups (broad SMARTS) is 1. The third-order valence-corrected chi connectivity index (χ3v) is 19.8. The second kappa shape index (κ2) is 17.6. The molecule has 0 aromatic heterocycles. The number of likely N-dealkylation sites (tertiary alicyclic amines) is 1. The molecule has 6 aliphatic carbocycles. The molecule has 3 aliphatic heterocycles. The van der Waals surface area contributed by atoms with E-state index < -0.39 is 17.3 Å². The molecule has 3 heterocycles. The van der Waals surface area contributed by atoms with E-state index >= 15 is 0 Å². The van der Waals surface area contributed by atoms with Crippen LogP contribution in [0.15, 0.2) is 30.4 Å². The Hall–Kier alpha value is -2.25. The quantitative estimate of drug-likeness (QED) is 0.224. The van der Waals surface area contributed by atoms with Crippen LogP contribution < -0.4 is 14.4 Å². The van der Waals surface area contributed by atoms with Crippen LogP contribution in [0.1, 0.15) is 193 Å². The molecule has 1 aromatic rings. The molecule has 2 saturated heterocycles. The normalized spacial score (nSPS) is 37.5. The fourth-order valence-corrected chi connectivity index (χ4v) is 18.1. The molecule has 7 nitrogen and oxygen atoms in total. The summed E-state index contributed by atoms with van der Waals surface area (Å²) in [4.78, 5) is 19.5. The van der Waals surface area contributed by atoms with Gasteiger partial charge in [-0.25, -0.2) is 4.79 Å². The Bertz CT molecular complexity index is 1670. The van der Waals surface area contributed by atoms with Crippen molar-refractivity contribution >= 4 is 11.8 Å². The lowest BCUT2D eigenvalue weighted by molar-refractivity contribution is -0.160. The van der Waals surface area contributed by atoms with E-state index in [0.717, 1.165) is 0 Å². The minimum absolute atomic E-state index is 0.0736. The number of fused-ring (bicyclic) bond motifs is 5. The minimum Gasteiger partial charge on any atom is -0.494 e. The van der Waals surface area contributed by atoms with Crippen LogP contribution in [0.5, 0.6) is 11.5 Å². The smallest absolute Gasteiger partial charge is 0.412 e. The van der Waals surface area contributed by atoms with Crippen LogP contribution in [0, 0.1) is 40.4 Å². The molecular formula is C54H82N2O5. The predicted octanol–water partition coefficient (Wildman–Crippen LogP) is 13.5. The van der Waals surface area contributed by atoms with E-state index in [1.165, 1.54) is 193 Å². The molecule has 338 valence electrons. The Morgan fingerprint density at radius 2 is 1.03 bits per heavy atom. The van der Waals surface area contributed by atoms with Gasteiger partial charge in [0.25, 0.3) is 0 Å². The highest BCUT2D eigenvalue weighted by Crippen LogP contribution is 2.85. The van der Waals surface area contributed by atoms with Gasteiger partial charge in [0.1, 0.15) is 22.8 Å². The first kappa shape index (κ1) is 42.7. The predicted molar refractivity (Wildman–Crippen MR) is 245 cm³/mol. The van der Waals surface area contributed by atoms with E-state index in [4.69, 9.17) is 14.2 Å². The van der Waals surface area contributed by atoms with Crippen molar-refractivity contribution in [1.29, 1.82) is 0 Å². The standard InChI is InChI=1S/C54H82N2O5/c1-59-45-34-21-35-46(60-2)47(45)55(50(57)58)38-51-36-37-52(61-51,41-26-13-5-14-27-41)54(43-30-17-7-18-31-43)49(40-24-11-4-12-25-40)56(44-32-19-8-20-33-44)48(39-22-9-3-10-23-39)53(51,54)42-28-15-6-16-29-42/h21,34-37,39-44,48-49H,3-20,22-33,38H2,1-2H3,(H,57,58). The maximum atomic E-state index is 14.4. The lowest BCUT2D eigenvalue weighted by Crippen LogP contribution is -2.71. The summed E-state index contributed by atoms with van der Waals surface area (Å²) in [6.45, 7) is 0.300. The Balaban J connectivity index is 1.32. The van der Waals surface area contributed by atoms with Gasteiger partial charge < -0.3 is 19.3 Å². The molecule has 6 saturated carbocycles. The third-order valence-electron chi connectivity index (χ3n) is 19.8. The molecule has 61 heavy (non-hydrogen) atoms. The zero-order valence-electron chi connectivity index (χ0n) is 38.4. The number of rotatable bonds is 11. The first-order valence-electron chi connectivity index (χ1n) is 26.4. The molecule has 9 aliphatic rings. The minimum atomic E-state index is -0.932. The number of para-hydroxylation sites is 1. The number of benzene rings is 1. The van der Waals surface area contributed by atoms with Gasteiger partial charge in [-0.15, -0.1) is 0 Å². The summed E-state index contributed by atoms with van der Waals surface area (Å²) in [5.74, 6) is 3.96. The van der Waals surface area contributed by atoms with Crippen molar-refractivity contribution in [2.45, 2.75) is 222 Å². The first-order chi connectivity index (χ1) is 30.0. The lowest BCUT2D eigenvalue weighted by Gasteiger charge is -2.65. The second-order valence-electron chi connectivity index (χ2n) is 22.2. The van der Waals surface area contributed by atoms with Gasteiger partial charge in [0.05, 0.1) is 26.4 Å². The zero-order chi connectivity index (χ0) is 41.7. The summed E-state index contributed by atoms with van der Waals surface area (Å²) in [6.07, 6.45) is 44.2. The van der Waals surface area contributed by atoms with Crippen molar-refractivity contribution in [3.05, 3.63) is 30.4 Å². The summed E-state index contributed by atoms with van der Waals surface area (Å²) < 4.78 is 20.9. The van der Waals surface area contributed by atoms with Gasteiger partial charge in [0, 0.05) is 29.0 Å². The SMILES string of the molecule is COc1cccc(OC)c1N(CC12C=CC(C3CCCCC3)(O1)C1(C3CCCCC3)C(C3CCCCC3)N(C3CCCCC3)C(C3CCCCC3)C21C1CCCCC1)C(=O)O. The van der Waals surface area contributed by atoms with Crippen LogP contribution >= 0.6 is 0 Å². The van der Waals surface area contributed by atoms with Crippen LogP contribution in [0.25, 0.3) is 0 Å². The second-order valence-corrected chi connectivity index (χ2v) is 22.2. The van der Waals surface area contributed by atoms with Crippen LogP contribution in [0.4, 0.5) is 10.5 Å². The number of hydrogen-bond donors (Lipinski definition) is 1. The number of amides is 1. The van der Waals surface area contributed by atoms with Crippen molar-refractivity contribution in [3.8, 4) is 11.5 Å². The zero-order valence-corrected chi connectivity index (χ0v) is 38.4. The van der Waals surface area contributed by atoms with E-state index in [1.807, 2.05) is 18.2 Å². The van der Waals surface area contributed by atoms with Gasteiger partial charge in [-0.3, -0.25) is 9.80 Å². The maximum absolute atomic E-state index is 14.4. The van der Waals surface area contributed by atoms with Crippen LogP contribution in [0.2, 0.25) is 0 Å². The van der Waals surface area contributed by atoms with Gasteiger partial charge in [0.15, 0.2) is 0 Å². The van der Waals surface area contributed by atoms with Crippen molar-refractivity contribution in [2.24, 2.45) is 40.4 Å². The van der Waals surface area contributed by atoms with Crippen LogP contribution in [0.3, 0.4) is 0 Å². The summed E-state index contributed by atoms with van der Waals surface area (Å²) in [7, 11) is 3.35. The molecule has 7 heteroatoms. The van der Waals surface area contributed by atoms with Crippen molar-refractivity contribution in [2.75, 3.05) is 25.7 Å². The van der Waals surface area contributed by atoms with E-state index in [1.54, 1.807) is 19.1 Å². The van der Waals surface area contributed by atoms with Crippen molar-refractivity contribution in [1.82, 2.24) is 4.90 Å². The fraction of sp³-hybridized carbons (Fsp3) is 0.833. The highest BCUT2D eigenvalue weighted by Gasteiger charge is 2.91. The number of carbonyl (C=O) groups is 1. The summed E-state index contributed by atoms with van der Waals surface area (Å²) in [5.41, 5.74) is -0.919. The molecule has 6 atom stereocenters. The van der Waals surface area contributed by atoms with Crippen LogP contribution in [-0.2, 0) is 4.74 Å². The summed E-state index contributed by atoms with van der Waals surface area (Å²) >= 11 is 0. The Kier molecular flexibility index (Phi) is 12.3. The molecule has 0 radical (unpaired) electrons. The number of anilines is 1. The van der Waals surface area contributed by atoms with Crippen molar-refractivity contribution < 1.29 is 24.1 Å². The molecule has 2 bridgehead atoms. The van der Waals surface area contributed by atoms with Gasteiger partial charge >= 0.3 is 6.09 Å². The Morgan fingerprint density at radius 3 is 1.51 bits per heavy atom. The topological polar surface area (TPSA) is 71.5 Å². The number of nitrogens with zero attached hydrogens (tertiary/aromatic N) is 2. The Labute approximate surface area is 369 Å². The molecule has 6 unspecified atom stereocenters. The molecule has 1 amide bonds. The molecule has 8 fully saturated rings. The Morgan fingerprint density at radius 1 is 0.607 bits per heavy atom. The molecule has 0 spiro atoms. The van der Waals surface area contributed by atoms with Gasteiger partial charge in [-0.05, 0) is 119 Å². The van der Waals surface area contributed by atoms with E-state index in [9.17, 15) is 9.90 Å². The molecule has 1 N–H and O–H groups in total. The molecule has 1 aromatic carbocycles. The monoisotopic (exact) mass is 839 g/mol. The van der Waals surface area contributed by atoms with Crippen molar-refractivity contribution in [3.63, 3.8) is 0 Å². The van der Waals surface area contributed by atoms with E-state index in [-0.39, 0.29) is 10.8 Å². The van der Waals surface area contributed by atoms with Crippen LogP contribution in [-0.4, -0.2) is 66.2 Å². The fourth-order valence-electron chi connectivity index (χ4n) is 18.1. The van der Waals surface area contributed by atoms with Gasteiger partial charge in [-0.2, -0.15) is 0 Å². The van der Waals surface area contributed by atoms with E-state index in [2.05, 4.69) is 17.1 Å².